The molecule has 2 unspecified atom stereocenters. The topological polar surface area (TPSA) is 37.3 Å². The molecule has 0 saturated carbocycles. The van der Waals surface area contributed by atoms with E-state index in [-0.39, 0.29) is 5.92 Å². The minimum absolute atomic E-state index is 0.122. The van der Waals surface area contributed by atoms with Gasteiger partial charge in [-0.3, -0.25) is 4.79 Å². The molecular formula is C18H36O2. The first kappa shape index (κ1) is 19.5. The molecule has 120 valence electrons. The zero-order valence-corrected chi connectivity index (χ0v) is 14.0. The van der Waals surface area contributed by atoms with Crippen molar-refractivity contribution in [2.24, 2.45) is 11.8 Å². The molecule has 0 aromatic heterocycles. The maximum Gasteiger partial charge on any atom is 0.306 e. The lowest BCUT2D eigenvalue weighted by molar-refractivity contribution is -0.143. The van der Waals surface area contributed by atoms with Crippen molar-refractivity contribution in [3.63, 3.8) is 0 Å². The summed E-state index contributed by atoms with van der Waals surface area (Å²) in [5.74, 6) is -0.371. The number of carboxylic acids is 1. The van der Waals surface area contributed by atoms with Crippen LogP contribution in [0.3, 0.4) is 0 Å². The van der Waals surface area contributed by atoms with Gasteiger partial charge >= 0.3 is 5.97 Å². The number of unbranched alkanes of at least 4 members (excludes halogenated alkanes) is 8. The maximum atomic E-state index is 11.4. The van der Waals surface area contributed by atoms with E-state index < -0.39 is 5.97 Å². The summed E-state index contributed by atoms with van der Waals surface area (Å²) >= 11 is 0. The summed E-state index contributed by atoms with van der Waals surface area (Å²) in [6, 6.07) is 0. The van der Waals surface area contributed by atoms with Gasteiger partial charge in [0.05, 0.1) is 5.92 Å². The van der Waals surface area contributed by atoms with Crippen LogP contribution in [0.15, 0.2) is 0 Å². The summed E-state index contributed by atoms with van der Waals surface area (Å²) in [6.45, 7) is 6.56. The molecular weight excluding hydrogens is 248 g/mol. The van der Waals surface area contributed by atoms with Crippen LogP contribution in [0.2, 0.25) is 0 Å². The smallest absolute Gasteiger partial charge is 0.306 e. The molecule has 0 heterocycles. The Hall–Kier alpha value is -0.530. The summed E-state index contributed by atoms with van der Waals surface area (Å²) in [6.07, 6.45) is 14.4. The van der Waals surface area contributed by atoms with Gasteiger partial charge in [-0.25, -0.2) is 0 Å². The van der Waals surface area contributed by atoms with Gasteiger partial charge in [-0.1, -0.05) is 85.0 Å². The van der Waals surface area contributed by atoms with E-state index in [9.17, 15) is 9.90 Å². The second-order valence-electron chi connectivity index (χ2n) is 6.33. The van der Waals surface area contributed by atoms with Gasteiger partial charge in [0.1, 0.15) is 0 Å². The van der Waals surface area contributed by atoms with Gasteiger partial charge in [0.15, 0.2) is 0 Å². The van der Waals surface area contributed by atoms with Crippen LogP contribution in [0.4, 0.5) is 0 Å². The fourth-order valence-corrected chi connectivity index (χ4v) is 2.89. The number of carbonyl (C=O) groups is 1. The molecule has 0 aromatic rings. The second kappa shape index (κ2) is 13.5. The number of aliphatic carboxylic acids is 1. The fourth-order valence-electron chi connectivity index (χ4n) is 2.89. The van der Waals surface area contributed by atoms with Crippen LogP contribution in [0.1, 0.15) is 97.8 Å². The Morgan fingerprint density at radius 3 is 1.80 bits per heavy atom. The zero-order chi connectivity index (χ0) is 15.2. The third-order valence-corrected chi connectivity index (χ3v) is 4.39. The van der Waals surface area contributed by atoms with Gasteiger partial charge in [-0.05, 0) is 18.8 Å². The molecule has 0 spiro atoms. The Balaban J connectivity index is 3.81. The molecule has 0 rings (SSSR count). The molecule has 0 aliphatic rings. The molecule has 0 saturated heterocycles. The molecule has 0 amide bonds. The highest BCUT2D eigenvalue weighted by Crippen LogP contribution is 2.25. The Bertz CT molecular complexity index is 225. The Kier molecular flexibility index (Phi) is 13.1. The number of hydrogen-bond acceptors (Lipinski definition) is 1. The van der Waals surface area contributed by atoms with E-state index in [1.807, 2.05) is 0 Å². The maximum absolute atomic E-state index is 11.4. The van der Waals surface area contributed by atoms with Crippen LogP contribution >= 0.6 is 0 Å². The number of carboxylic acid groups (broad SMARTS) is 1. The van der Waals surface area contributed by atoms with Crippen LogP contribution in [-0.2, 0) is 4.79 Å². The SMILES string of the molecule is CCCCCCCCC(C(=O)O)C(C)CCCCCC. The van der Waals surface area contributed by atoms with E-state index in [1.165, 1.54) is 57.8 Å². The Labute approximate surface area is 126 Å². The van der Waals surface area contributed by atoms with Crippen LogP contribution < -0.4 is 0 Å². The normalized spacial score (nSPS) is 14.2. The van der Waals surface area contributed by atoms with Crippen molar-refractivity contribution in [3.05, 3.63) is 0 Å². The van der Waals surface area contributed by atoms with E-state index in [0.717, 1.165) is 19.3 Å². The predicted octanol–water partition coefficient (Wildman–Crippen LogP) is 6.04. The van der Waals surface area contributed by atoms with Crippen molar-refractivity contribution < 1.29 is 9.90 Å². The molecule has 0 aromatic carbocycles. The molecule has 20 heavy (non-hydrogen) atoms. The monoisotopic (exact) mass is 284 g/mol. The summed E-state index contributed by atoms with van der Waals surface area (Å²) in [5.41, 5.74) is 0. The minimum atomic E-state index is -0.582. The van der Waals surface area contributed by atoms with E-state index >= 15 is 0 Å². The highest BCUT2D eigenvalue weighted by molar-refractivity contribution is 5.70. The first-order chi connectivity index (χ1) is 9.63. The van der Waals surface area contributed by atoms with Gasteiger partial charge in [-0.15, -0.1) is 0 Å². The van der Waals surface area contributed by atoms with Gasteiger partial charge in [0, 0.05) is 0 Å². The standard InChI is InChI=1S/C18H36O2/c1-4-6-8-10-11-13-15-17(18(19)20)16(3)14-12-9-7-5-2/h16-17H,4-15H2,1-3H3,(H,19,20). The van der Waals surface area contributed by atoms with Crippen LogP contribution in [0.5, 0.6) is 0 Å². The quantitative estimate of drug-likeness (QED) is 0.394. The number of rotatable bonds is 14. The molecule has 2 nitrogen and oxygen atoms in total. The molecule has 0 radical (unpaired) electrons. The summed E-state index contributed by atoms with van der Waals surface area (Å²) in [5, 5.41) is 9.39. The molecule has 0 bridgehead atoms. The van der Waals surface area contributed by atoms with E-state index in [0.29, 0.717) is 5.92 Å². The van der Waals surface area contributed by atoms with Crippen LogP contribution in [0.25, 0.3) is 0 Å². The van der Waals surface area contributed by atoms with E-state index in [1.54, 1.807) is 0 Å². The third-order valence-electron chi connectivity index (χ3n) is 4.39. The fraction of sp³-hybridized carbons (Fsp3) is 0.944. The number of hydrogen-bond donors (Lipinski definition) is 1. The molecule has 0 fully saturated rings. The lowest BCUT2D eigenvalue weighted by atomic mass is 9.85. The molecule has 2 heteroatoms. The summed E-state index contributed by atoms with van der Waals surface area (Å²) in [7, 11) is 0. The molecule has 0 aliphatic carbocycles. The summed E-state index contributed by atoms with van der Waals surface area (Å²) < 4.78 is 0. The zero-order valence-electron chi connectivity index (χ0n) is 14.0. The highest BCUT2D eigenvalue weighted by atomic mass is 16.4. The molecule has 2 atom stereocenters. The average molecular weight is 284 g/mol. The average Bonchev–Trinajstić information content (AvgIpc) is 2.42. The highest BCUT2D eigenvalue weighted by Gasteiger charge is 2.23. The third kappa shape index (κ3) is 10.3. The lowest BCUT2D eigenvalue weighted by Crippen LogP contribution is -2.21. The molecule has 0 aliphatic heterocycles. The Morgan fingerprint density at radius 2 is 1.25 bits per heavy atom. The largest absolute Gasteiger partial charge is 0.481 e. The van der Waals surface area contributed by atoms with Gasteiger partial charge in [-0.2, -0.15) is 0 Å². The van der Waals surface area contributed by atoms with Crippen molar-refractivity contribution in [2.75, 3.05) is 0 Å². The van der Waals surface area contributed by atoms with Gasteiger partial charge in [0.25, 0.3) is 0 Å². The lowest BCUT2D eigenvalue weighted by Gasteiger charge is -2.20. The summed E-state index contributed by atoms with van der Waals surface area (Å²) in [4.78, 5) is 11.4. The predicted molar refractivity (Wildman–Crippen MR) is 87.0 cm³/mol. The van der Waals surface area contributed by atoms with Gasteiger partial charge in [0.2, 0.25) is 0 Å². The van der Waals surface area contributed by atoms with Crippen molar-refractivity contribution in [3.8, 4) is 0 Å². The first-order valence-electron chi connectivity index (χ1n) is 8.86. The van der Waals surface area contributed by atoms with Crippen LogP contribution in [-0.4, -0.2) is 11.1 Å². The minimum Gasteiger partial charge on any atom is -0.481 e. The van der Waals surface area contributed by atoms with Gasteiger partial charge < -0.3 is 5.11 Å². The van der Waals surface area contributed by atoms with Crippen LogP contribution in [0, 0.1) is 11.8 Å². The Morgan fingerprint density at radius 1 is 0.800 bits per heavy atom. The van der Waals surface area contributed by atoms with Crippen molar-refractivity contribution in [1.29, 1.82) is 0 Å². The molecule has 1 N–H and O–H groups in total. The van der Waals surface area contributed by atoms with Crippen molar-refractivity contribution in [1.82, 2.24) is 0 Å². The van der Waals surface area contributed by atoms with Crippen molar-refractivity contribution >= 4 is 5.97 Å². The van der Waals surface area contributed by atoms with E-state index in [2.05, 4.69) is 20.8 Å². The second-order valence-corrected chi connectivity index (χ2v) is 6.33. The van der Waals surface area contributed by atoms with E-state index in [4.69, 9.17) is 0 Å². The van der Waals surface area contributed by atoms with Crippen molar-refractivity contribution in [2.45, 2.75) is 97.8 Å². The first-order valence-corrected chi connectivity index (χ1v) is 8.86.